The molecule has 0 rings (SSSR count). The van der Waals surface area contributed by atoms with Gasteiger partial charge in [-0.15, -0.1) is 0 Å². The number of amides is 1. The topological polar surface area (TPSA) is 46.2 Å². The summed E-state index contributed by atoms with van der Waals surface area (Å²) >= 11 is 2.77. The second kappa shape index (κ2) is 4.59. The van der Waals surface area contributed by atoms with E-state index < -0.39 is 23.9 Å². The average molecular weight is 262 g/mol. The number of hydrogen-bond acceptors (Lipinski definition) is 2. The van der Waals surface area contributed by atoms with E-state index in [4.69, 9.17) is 0 Å². The number of halogens is 4. The molecule has 1 unspecified atom stereocenters. The van der Waals surface area contributed by atoms with E-state index >= 15 is 0 Å². The highest BCUT2D eigenvalue weighted by molar-refractivity contribution is 9.09. The zero-order valence-corrected chi connectivity index (χ0v) is 8.20. The van der Waals surface area contributed by atoms with Gasteiger partial charge in [0.1, 0.15) is 0 Å². The molecule has 76 valence electrons. The first-order valence-corrected chi connectivity index (χ1v) is 4.37. The minimum Gasteiger partial charge on any atom is -0.339 e. The van der Waals surface area contributed by atoms with Crippen LogP contribution in [0.5, 0.6) is 0 Å². The van der Waals surface area contributed by atoms with E-state index in [0.29, 0.717) is 0 Å². The number of alkyl halides is 4. The Kier molecular flexibility index (Phi) is 4.38. The Morgan fingerprint density at radius 2 is 1.92 bits per heavy atom. The van der Waals surface area contributed by atoms with Crippen LogP contribution in [0.4, 0.5) is 13.2 Å². The van der Waals surface area contributed by atoms with E-state index in [1.54, 1.807) is 0 Å². The lowest BCUT2D eigenvalue weighted by atomic mass is 10.2. The fraction of sp³-hybridized carbons (Fsp3) is 0.667. The zero-order valence-electron chi connectivity index (χ0n) is 6.61. The van der Waals surface area contributed by atoms with E-state index in [1.165, 1.54) is 12.2 Å². The van der Waals surface area contributed by atoms with Gasteiger partial charge in [-0.25, -0.2) is 0 Å². The van der Waals surface area contributed by atoms with Crippen LogP contribution in [0.3, 0.4) is 0 Å². The van der Waals surface area contributed by atoms with Gasteiger partial charge < -0.3 is 5.32 Å². The van der Waals surface area contributed by atoms with Crippen molar-refractivity contribution in [1.82, 2.24) is 5.32 Å². The number of carbonyl (C=O) groups excluding carboxylic acids is 2. The predicted molar refractivity (Wildman–Crippen MR) is 42.5 cm³/mol. The Labute approximate surface area is 80.8 Å². The number of Topliss-reactive ketones (excluding diaryl/α,β-unsaturated/α-hetero) is 1. The van der Waals surface area contributed by atoms with Crippen LogP contribution in [-0.2, 0) is 9.59 Å². The standard InChI is InChI=1S/C6H7BrF3NO2/c1-3(4(12)2-7)11-5(13)6(8,9)10/h3H,2H2,1H3,(H,11,13). The summed E-state index contributed by atoms with van der Waals surface area (Å²) in [6.07, 6.45) is -4.94. The van der Waals surface area contributed by atoms with Crippen molar-refractivity contribution in [2.45, 2.75) is 19.1 Å². The highest BCUT2D eigenvalue weighted by atomic mass is 79.9. The predicted octanol–water partition coefficient (Wildman–Crippen LogP) is 1.02. The summed E-state index contributed by atoms with van der Waals surface area (Å²) in [5.41, 5.74) is 0. The number of rotatable bonds is 3. The normalized spacial score (nSPS) is 13.6. The molecule has 0 saturated carbocycles. The molecule has 0 radical (unpaired) electrons. The van der Waals surface area contributed by atoms with Crippen molar-refractivity contribution in [3.05, 3.63) is 0 Å². The lowest BCUT2D eigenvalue weighted by Crippen LogP contribution is -2.45. The van der Waals surface area contributed by atoms with E-state index in [0.717, 1.165) is 0 Å². The van der Waals surface area contributed by atoms with Crippen molar-refractivity contribution < 1.29 is 22.8 Å². The maximum Gasteiger partial charge on any atom is 0.471 e. The van der Waals surface area contributed by atoms with Crippen LogP contribution < -0.4 is 5.32 Å². The van der Waals surface area contributed by atoms with E-state index in [2.05, 4.69) is 15.9 Å². The van der Waals surface area contributed by atoms with Crippen LogP contribution in [0.2, 0.25) is 0 Å². The molecule has 1 N–H and O–H groups in total. The smallest absolute Gasteiger partial charge is 0.339 e. The first-order chi connectivity index (χ1) is 5.79. The Bertz CT molecular complexity index is 216. The molecule has 13 heavy (non-hydrogen) atoms. The van der Waals surface area contributed by atoms with Crippen molar-refractivity contribution in [3.8, 4) is 0 Å². The molecule has 0 aliphatic heterocycles. The molecule has 0 aliphatic carbocycles. The van der Waals surface area contributed by atoms with Gasteiger partial charge in [0.2, 0.25) is 0 Å². The molecule has 0 aliphatic rings. The molecule has 0 bridgehead atoms. The van der Waals surface area contributed by atoms with E-state index in [-0.39, 0.29) is 5.33 Å². The van der Waals surface area contributed by atoms with Gasteiger partial charge in [-0.05, 0) is 6.92 Å². The Hall–Kier alpha value is -0.590. The largest absolute Gasteiger partial charge is 0.471 e. The molecule has 0 aromatic carbocycles. The number of carbonyl (C=O) groups is 2. The van der Waals surface area contributed by atoms with Gasteiger partial charge in [-0.3, -0.25) is 9.59 Å². The van der Waals surface area contributed by atoms with Gasteiger partial charge in [0.15, 0.2) is 5.78 Å². The third-order valence-electron chi connectivity index (χ3n) is 1.22. The second-order valence-corrected chi connectivity index (χ2v) is 2.85. The zero-order chi connectivity index (χ0) is 10.6. The van der Waals surface area contributed by atoms with Gasteiger partial charge >= 0.3 is 12.1 Å². The van der Waals surface area contributed by atoms with Gasteiger partial charge in [-0.1, -0.05) is 15.9 Å². The van der Waals surface area contributed by atoms with Crippen LogP contribution in [-0.4, -0.2) is 29.2 Å². The van der Waals surface area contributed by atoms with Crippen molar-refractivity contribution in [1.29, 1.82) is 0 Å². The minimum atomic E-state index is -4.94. The SMILES string of the molecule is CC(NC(=O)C(F)(F)F)C(=O)CBr. The summed E-state index contributed by atoms with van der Waals surface area (Å²) in [5.74, 6) is -2.62. The third-order valence-corrected chi connectivity index (χ3v) is 1.77. The summed E-state index contributed by atoms with van der Waals surface area (Å²) in [4.78, 5) is 21.0. The molecule has 0 fully saturated rings. The van der Waals surface area contributed by atoms with Crippen molar-refractivity contribution in [2.24, 2.45) is 0 Å². The quantitative estimate of drug-likeness (QED) is 0.772. The first-order valence-electron chi connectivity index (χ1n) is 3.25. The summed E-state index contributed by atoms with van der Waals surface area (Å²) in [7, 11) is 0. The summed E-state index contributed by atoms with van der Waals surface area (Å²) in [5, 5.41) is 1.44. The van der Waals surface area contributed by atoms with Crippen LogP contribution in [0.25, 0.3) is 0 Å². The fourth-order valence-corrected chi connectivity index (χ4v) is 0.960. The van der Waals surface area contributed by atoms with Crippen molar-refractivity contribution >= 4 is 27.6 Å². The van der Waals surface area contributed by atoms with Crippen LogP contribution in [0.1, 0.15) is 6.92 Å². The highest BCUT2D eigenvalue weighted by Crippen LogP contribution is 2.14. The summed E-state index contributed by atoms with van der Waals surface area (Å²) in [6.45, 7) is 1.19. The average Bonchev–Trinajstić information content (AvgIpc) is 2.01. The van der Waals surface area contributed by atoms with Crippen molar-refractivity contribution in [3.63, 3.8) is 0 Å². The molecular formula is C6H7BrF3NO2. The Balaban J connectivity index is 4.15. The van der Waals surface area contributed by atoms with Gasteiger partial charge in [0.25, 0.3) is 0 Å². The molecule has 0 spiro atoms. The second-order valence-electron chi connectivity index (χ2n) is 2.29. The summed E-state index contributed by atoms with van der Waals surface area (Å²) < 4.78 is 34.9. The van der Waals surface area contributed by atoms with Gasteiger partial charge in [0.05, 0.1) is 11.4 Å². The molecule has 0 aromatic rings. The molecule has 0 saturated heterocycles. The van der Waals surface area contributed by atoms with Crippen molar-refractivity contribution in [2.75, 3.05) is 5.33 Å². The number of ketones is 1. The number of nitrogens with one attached hydrogen (secondary N) is 1. The molecule has 7 heteroatoms. The lowest BCUT2D eigenvalue weighted by Gasteiger charge is -2.12. The van der Waals surface area contributed by atoms with Crippen LogP contribution in [0.15, 0.2) is 0 Å². The lowest BCUT2D eigenvalue weighted by molar-refractivity contribution is -0.174. The molecule has 1 atom stereocenters. The molecule has 3 nitrogen and oxygen atoms in total. The monoisotopic (exact) mass is 261 g/mol. The Morgan fingerprint density at radius 1 is 1.46 bits per heavy atom. The Morgan fingerprint density at radius 3 is 2.23 bits per heavy atom. The van der Waals surface area contributed by atoms with Gasteiger partial charge in [-0.2, -0.15) is 13.2 Å². The number of hydrogen-bond donors (Lipinski definition) is 1. The highest BCUT2D eigenvalue weighted by Gasteiger charge is 2.39. The van der Waals surface area contributed by atoms with Gasteiger partial charge in [0, 0.05) is 0 Å². The fourth-order valence-electron chi connectivity index (χ4n) is 0.475. The van der Waals surface area contributed by atoms with E-state index in [9.17, 15) is 22.8 Å². The van der Waals surface area contributed by atoms with Crippen LogP contribution >= 0.6 is 15.9 Å². The maximum atomic E-state index is 11.6. The summed E-state index contributed by atoms with van der Waals surface area (Å²) in [6, 6.07) is -1.13. The first kappa shape index (κ1) is 12.4. The van der Waals surface area contributed by atoms with Crippen LogP contribution in [0, 0.1) is 0 Å². The van der Waals surface area contributed by atoms with E-state index in [1.807, 2.05) is 0 Å². The molecular weight excluding hydrogens is 255 g/mol. The minimum absolute atomic E-state index is 0.0910. The molecule has 1 amide bonds. The molecule has 0 aromatic heterocycles. The third kappa shape index (κ3) is 4.25. The maximum absolute atomic E-state index is 11.6. The molecule has 0 heterocycles.